The van der Waals surface area contributed by atoms with Crippen LogP contribution in [0.2, 0.25) is 0 Å². The Hall–Kier alpha value is -3.05. The highest BCUT2D eigenvalue weighted by atomic mass is 16.5. The minimum atomic E-state index is -0.903. The summed E-state index contributed by atoms with van der Waals surface area (Å²) in [7, 11) is 8.09. The molecular weight excluding hydrogens is 412 g/mol. The second kappa shape index (κ2) is 8.38. The van der Waals surface area contributed by atoms with Gasteiger partial charge in [-0.25, -0.2) is 4.79 Å². The van der Waals surface area contributed by atoms with Gasteiger partial charge in [0.1, 0.15) is 11.5 Å². The molecule has 0 fully saturated rings. The van der Waals surface area contributed by atoms with Crippen molar-refractivity contribution in [3.8, 4) is 5.75 Å². The fourth-order valence-corrected chi connectivity index (χ4v) is 4.67. The van der Waals surface area contributed by atoms with Crippen LogP contribution in [-0.2, 0) is 5.41 Å². The van der Waals surface area contributed by atoms with Gasteiger partial charge in [-0.05, 0) is 48.8 Å². The van der Waals surface area contributed by atoms with Gasteiger partial charge in [-0.15, -0.1) is 0 Å². The third-order valence-corrected chi connectivity index (χ3v) is 6.69. The van der Waals surface area contributed by atoms with E-state index in [0.29, 0.717) is 5.56 Å². The minimum absolute atomic E-state index is 0.0628. The monoisotopic (exact) mass is 446 g/mol. The number of hydrogen-bond donors (Lipinski definition) is 1. The maximum absolute atomic E-state index is 12.3. The van der Waals surface area contributed by atoms with E-state index in [-0.39, 0.29) is 23.3 Å². The van der Waals surface area contributed by atoms with Crippen LogP contribution >= 0.6 is 0 Å². The second-order valence-corrected chi connectivity index (χ2v) is 10.5. The fourth-order valence-electron chi connectivity index (χ4n) is 4.67. The lowest BCUT2D eigenvalue weighted by Crippen LogP contribution is -2.33. The number of ether oxygens (including phenoxy) is 1. The molecule has 2 aliphatic rings. The second-order valence-electron chi connectivity index (χ2n) is 10.5. The van der Waals surface area contributed by atoms with Crippen LogP contribution in [-0.4, -0.2) is 50.2 Å². The number of carbonyl (C=O) groups is 1. The normalized spacial score (nSPS) is 21.7. The maximum Gasteiger partial charge on any atom is 0.335 e. The van der Waals surface area contributed by atoms with Gasteiger partial charge in [0.05, 0.1) is 5.56 Å². The van der Waals surface area contributed by atoms with Crippen molar-refractivity contribution < 1.29 is 14.6 Å². The molecule has 0 aromatic heterocycles. The first-order valence-electron chi connectivity index (χ1n) is 11.4. The van der Waals surface area contributed by atoms with Gasteiger partial charge in [0, 0.05) is 49.3 Å². The van der Waals surface area contributed by atoms with Crippen molar-refractivity contribution in [3.05, 3.63) is 82.6 Å². The highest BCUT2D eigenvalue weighted by Gasteiger charge is 2.39. The van der Waals surface area contributed by atoms with E-state index in [9.17, 15) is 9.90 Å². The number of nitrogens with zero attached hydrogens (tertiary/aromatic N) is 2. The Bertz CT molecular complexity index is 1140. The molecule has 174 valence electrons. The van der Waals surface area contributed by atoms with Crippen molar-refractivity contribution in [2.75, 3.05) is 33.1 Å². The predicted molar refractivity (Wildman–Crippen MR) is 134 cm³/mol. The molecule has 4 rings (SSSR count). The molecule has 0 radical (unpaired) electrons. The van der Waals surface area contributed by atoms with Gasteiger partial charge in [0.25, 0.3) is 0 Å². The summed E-state index contributed by atoms with van der Waals surface area (Å²) < 4.78 is 6.47. The average Bonchev–Trinajstić information content (AvgIpc) is 2.75. The lowest BCUT2D eigenvalue weighted by atomic mass is 9.72. The zero-order valence-electron chi connectivity index (χ0n) is 20.6. The number of likely N-dealkylation sites (N-methyl/N-ethyl adjacent to an activating group) is 1. The van der Waals surface area contributed by atoms with E-state index in [1.54, 1.807) is 6.07 Å². The quantitative estimate of drug-likeness (QED) is 0.648. The summed E-state index contributed by atoms with van der Waals surface area (Å²) in [5, 5.41) is 10.1. The highest BCUT2D eigenvalue weighted by Crippen LogP contribution is 2.49. The number of allylic oxidation sites excluding steroid dienone is 1. The molecule has 5 heteroatoms. The van der Waals surface area contributed by atoms with Crippen molar-refractivity contribution in [1.82, 2.24) is 4.90 Å². The maximum atomic E-state index is 12.3. The number of hydrogen-bond acceptors (Lipinski definition) is 4. The number of carboxylic acids is 1. The molecule has 3 atom stereocenters. The van der Waals surface area contributed by atoms with Crippen LogP contribution in [0.25, 0.3) is 0 Å². The molecule has 0 saturated carbocycles. The summed E-state index contributed by atoms with van der Waals surface area (Å²) in [5.74, 6) is 0.553. The lowest BCUT2D eigenvalue weighted by molar-refractivity contribution is 0.0694. The fraction of sp³-hybridized carbons (Fsp3) is 0.393. The summed E-state index contributed by atoms with van der Waals surface area (Å²) in [6.07, 6.45) is 6.51. The molecule has 1 N–H and O–H groups in total. The molecule has 0 bridgehead atoms. The van der Waals surface area contributed by atoms with Crippen molar-refractivity contribution >= 4 is 11.7 Å². The Balaban J connectivity index is 1.96. The van der Waals surface area contributed by atoms with E-state index in [0.717, 1.165) is 33.9 Å². The first kappa shape index (κ1) is 23.1. The molecular formula is C28H34N2O3. The van der Waals surface area contributed by atoms with Gasteiger partial charge in [-0.3, -0.25) is 4.90 Å². The number of rotatable bonds is 4. The number of fused-ring (bicyclic) bond motifs is 2. The molecule has 1 aliphatic heterocycles. The van der Waals surface area contributed by atoms with Crippen LogP contribution in [0, 0.1) is 5.92 Å². The molecule has 1 heterocycles. The molecule has 0 spiro atoms. The van der Waals surface area contributed by atoms with Crippen LogP contribution in [0.4, 0.5) is 5.69 Å². The van der Waals surface area contributed by atoms with Gasteiger partial charge in [0.2, 0.25) is 0 Å². The van der Waals surface area contributed by atoms with E-state index in [1.165, 1.54) is 0 Å². The van der Waals surface area contributed by atoms with Crippen LogP contribution < -0.4 is 9.64 Å². The Morgan fingerprint density at radius 3 is 2.30 bits per heavy atom. The number of carboxylic acid groups (broad SMARTS) is 1. The smallest absolute Gasteiger partial charge is 0.335 e. The predicted octanol–water partition coefficient (Wildman–Crippen LogP) is 5.27. The molecule has 1 aliphatic carbocycles. The standard InChI is InChI=1S/C28H34N2O3/c1-28(2,3)17-8-11-20(27(31)32)23(14-17)26-21-12-9-18(29(4)5)15-24(21)33-25-16-19(30(6)7)10-13-22(25)26/h8-16,18,21,26H,1-7H3,(H,31,32). The van der Waals surface area contributed by atoms with Gasteiger partial charge in [-0.2, -0.15) is 0 Å². The van der Waals surface area contributed by atoms with Gasteiger partial charge in [-0.1, -0.05) is 51.1 Å². The van der Waals surface area contributed by atoms with Crippen molar-refractivity contribution in [3.63, 3.8) is 0 Å². The van der Waals surface area contributed by atoms with Crippen molar-refractivity contribution in [1.29, 1.82) is 0 Å². The number of aromatic carboxylic acids is 1. The molecule has 3 unspecified atom stereocenters. The first-order valence-corrected chi connectivity index (χ1v) is 11.4. The van der Waals surface area contributed by atoms with E-state index in [4.69, 9.17) is 4.74 Å². The van der Waals surface area contributed by atoms with Crippen LogP contribution in [0.3, 0.4) is 0 Å². The van der Waals surface area contributed by atoms with Gasteiger partial charge >= 0.3 is 5.97 Å². The minimum Gasteiger partial charge on any atom is -0.478 e. The van der Waals surface area contributed by atoms with E-state index >= 15 is 0 Å². The Kier molecular flexibility index (Phi) is 5.87. The molecule has 0 saturated heterocycles. The number of anilines is 1. The summed E-state index contributed by atoms with van der Waals surface area (Å²) >= 11 is 0. The summed E-state index contributed by atoms with van der Waals surface area (Å²) in [6, 6.07) is 12.1. The van der Waals surface area contributed by atoms with Gasteiger partial charge in [0.15, 0.2) is 0 Å². The topological polar surface area (TPSA) is 53.0 Å². The van der Waals surface area contributed by atoms with E-state index in [1.807, 2.05) is 39.2 Å². The Morgan fingerprint density at radius 1 is 0.970 bits per heavy atom. The first-order chi connectivity index (χ1) is 15.5. The molecule has 5 nitrogen and oxygen atoms in total. The summed E-state index contributed by atoms with van der Waals surface area (Å²) in [5.41, 5.74) is 4.28. The molecule has 0 amide bonds. The zero-order valence-corrected chi connectivity index (χ0v) is 20.6. The van der Waals surface area contributed by atoms with Crippen LogP contribution in [0.15, 0.2) is 60.4 Å². The van der Waals surface area contributed by atoms with Crippen LogP contribution in [0.1, 0.15) is 53.7 Å². The zero-order chi connectivity index (χ0) is 24.1. The van der Waals surface area contributed by atoms with Crippen LogP contribution in [0.5, 0.6) is 5.75 Å². The highest BCUT2D eigenvalue weighted by molar-refractivity contribution is 5.90. The van der Waals surface area contributed by atoms with Crippen molar-refractivity contribution in [2.45, 2.75) is 38.1 Å². The number of benzene rings is 2. The van der Waals surface area contributed by atoms with E-state index < -0.39 is 5.97 Å². The SMILES string of the molecule is CN(C)c1ccc2c(c1)OC1=CC(N(C)C)C=CC1C2c1cc(C(C)(C)C)ccc1C(=O)O. The van der Waals surface area contributed by atoms with Crippen molar-refractivity contribution in [2.24, 2.45) is 5.92 Å². The summed E-state index contributed by atoms with van der Waals surface area (Å²) in [4.78, 5) is 16.5. The van der Waals surface area contributed by atoms with E-state index in [2.05, 4.69) is 68.2 Å². The largest absolute Gasteiger partial charge is 0.478 e. The Labute approximate surface area is 197 Å². The molecule has 2 aromatic carbocycles. The summed E-state index contributed by atoms with van der Waals surface area (Å²) in [6.45, 7) is 6.46. The third kappa shape index (κ3) is 4.30. The molecule has 2 aromatic rings. The average molecular weight is 447 g/mol. The molecule has 33 heavy (non-hydrogen) atoms. The third-order valence-electron chi connectivity index (χ3n) is 6.69. The van der Waals surface area contributed by atoms with Gasteiger partial charge < -0.3 is 14.7 Å². The lowest BCUT2D eigenvalue weighted by Gasteiger charge is -2.38. The Morgan fingerprint density at radius 2 is 1.70 bits per heavy atom.